The molecule has 0 aliphatic heterocycles. The summed E-state index contributed by atoms with van der Waals surface area (Å²) in [7, 11) is 5.71. The lowest BCUT2D eigenvalue weighted by Crippen LogP contribution is -2.42. The maximum absolute atomic E-state index is 5.65. The van der Waals surface area contributed by atoms with E-state index in [2.05, 4.69) is 15.6 Å². The Labute approximate surface area is 96.2 Å². The zero-order valence-electron chi connectivity index (χ0n) is 10.2. The van der Waals surface area contributed by atoms with Crippen LogP contribution in [0.25, 0.3) is 0 Å². The van der Waals surface area contributed by atoms with Crippen LogP contribution in [0, 0.1) is 0 Å². The summed E-state index contributed by atoms with van der Waals surface area (Å²) in [6.45, 7) is 0. The van der Waals surface area contributed by atoms with Crippen molar-refractivity contribution in [1.82, 2.24) is 20.3 Å². The minimum atomic E-state index is 0.0674. The molecule has 1 aromatic heterocycles. The highest BCUT2D eigenvalue weighted by molar-refractivity contribution is 5.05. The molecular formula is C11H20N4O. The van der Waals surface area contributed by atoms with Crippen molar-refractivity contribution in [2.24, 2.45) is 7.05 Å². The Morgan fingerprint density at radius 2 is 2.38 bits per heavy atom. The van der Waals surface area contributed by atoms with Crippen molar-refractivity contribution in [2.75, 3.05) is 14.2 Å². The van der Waals surface area contributed by atoms with Gasteiger partial charge in [0.1, 0.15) is 0 Å². The molecule has 0 saturated heterocycles. The fourth-order valence-corrected chi connectivity index (χ4v) is 2.40. The average molecular weight is 224 g/mol. The predicted octanol–water partition coefficient (Wildman–Crippen LogP) is 1.03. The molecule has 0 amide bonds. The second-order valence-corrected chi connectivity index (χ2v) is 4.57. The monoisotopic (exact) mass is 224 g/mol. The van der Waals surface area contributed by atoms with E-state index in [1.807, 2.05) is 32.1 Å². The van der Waals surface area contributed by atoms with Gasteiger partial charge in [0.15, 0.2) is 0 Å². The van der Waals surface area contributed by atoms with Gasteiger partial charge in [-0.3, -0.25) is 4.68 Å². The zero-order valence-corrected chi connectivity index (χ0v) is 10.2. The van der Waals surface area contributed by atoms with E-state index in [1.54, 1.807) is 0 Å². The molecule has 1 aromatic rings. The van der Waals surface area contributed by atoms with Gasteiger partial charge >= 0.3 is 0 Å². The van der Waals surface area contributed by atoms with Crippen molar-refractivity contribution in [3.8, 4) is 0 Å². The zero-order chi connectivity index (χ0) is 11.6. The van der Waals surface area contributed by atoms with Gasteiger partial charge in [-0.05, 0) is 32.7 Å². The maximum atomic E-state index is 5.65. The van der Waals surface area contributed by atoms with E-state index in [1.165, 1.54) is 6.42 Å². The lowest BCUT2D eigenvalue weighted by atomic mass is 9.75. The molecule has 5 heteroatoms. The van der Waals surface area contributed by atoms with Crippen LogP contribution in [0.15, 0.2) is 6.20 Å². The number of rotatable bonds is 5. The summed E-state index contributed by atoms with van der Waals surface area (Å²) in [5, 5.41) is 11.2. The quantitative estimate of drug-likeness (QED) is 0.811. The molecule has 5 nitrogen and oxygen atoms in total. The van der Waals surface area contributed by atoms with E-state index in [9.17, 15) is 0 Å². The van der Waals surface area contributed by atoms with E-state index in [4.69, 9.17) is 4.74 Å². The summed E-state index contributed by atoms with van der Waals surface area (Å²) in [6, 6.07) is 0.264. The smallest absolute Gasteiger partial charge is 0.0754 e. The molecule has 0 bridgehead atoms. The molecule has 16 heavy (non-hydrogen) atoms. The third-order valence-electron chi connectivity index (χ3n) is 3.73. The van der Waals surface area contributed by atoms with Crippen molar-refractivity contribution < 1.29 is 4.74 Å². The van der Waals surface area contributed by atoms with E-state index >= 15 is 0 Å². The molecule has 1 fully saturated rings. The second-order valence-electron chi connectivity index (χ2n) is 4.57. The van der Waals surface area contributed by atoms with Gasteiger partial charge in [0, 0.05) is 14.2 Å². The van der Waals surface area contributed by atoms with E-state index < -0.39 is 0 Å². The summed E-state index contributed by atoms with van der Waals surface area (Å²) in [5.41, 5.74) is 1.18. The van der Waals surface area contributed by atoms with Crippen molar-refractivity contribution in [3.05, 3.63) is 11.9 Å². The Balaban J connectivity index is 2.09. The minimum Gasteiger partial charge on any atom is -0.378 e. The van der Waals surface area contributed by atoms with Crippen LogP contribution in [0.4, 0.5) is 0 Å². The van der Waals surface area contributed by atoms with Crippen molar-refractivity contribution in [3.63, 3.8) is 0 Å². The molecule has 1 atom stereocenters. The fraction of sp³-hybridized carbons (Fsp3) is 0.818. The molecule has 1 unspecified atom stereocenters. The van der Waals surface area contributed by atoms with Gasteiger partial charge < -0.3 is 10.1 Å². The van der Waals surface area contributed by atoms with E-state index in [0.717, 1.165) is 25.0 Å². The molecule has 1 aliphatic carbocycles. The number of ether oxygens (including phenoxy) is 1. The molecule has 0 aromatic carbocycles. The highest BCUT2D eigenvalue weighted by Gasteiger charge is 2.39. The summed E-state index contributed by atoms with van der Waals surface area (Å²) < 4.78 is 7.48. The Kier molecular flexibility index (Phi) is 3.25. The molecular weight excluding hydrogens is 204 g/mol. The molecule has 1 saturated carbocycles. The summed E-state index contributed by atoms with van der Waals surface area (Å²) >= 11 is 0. The first-order valence-electron chi connectivity index (χ1n) is 5.78. The van der Waals surface area contributed by atoms with Crippen LogP contribution in [0.1, 0.15) is 37.4 Å². The van der Waals surface area contributed by atoms with Crippen LogP contribution in [-0.2, 0) is 11.8 Å². The third kappa shape index (κ3) is 1.97. The number of hydrogen-bond donors (Lipinski definition) is 1. The molecule has 2 rings (SSSR count). The normalized spacial score (nSPS) is 20.4. The number of hydrogen-bond acceptors (Lipinski definition) is 4. The van der Waals surface area contributed by atoms with Gasteiger partial charge in [0.2, 0.25) is 0 Å². The van der Waals surface area contributed by atoms with Crippen LogP contribution in [0.3, 0.4) is 0 Å². The van der Waals surface area contributed by atoms with Crippen LogP contribution in [0.2, 0.25) is 0 Å². The Bertz CT molecular complexity index is 340. The Morgan fingerprint density at radius 3 is 2.75 bits per heavy atom. The van der Waals surface area contributed by atoms with Crippen LogP contribution in [-0.4, -0.2) is 34.8 Å². The topological polar surface area (TPSA) is 52.0 Å². The first-order chi connectivity index (χ1) is 7.71. The van der Waals surface area contributed by atoms with Gasteiger partial charge in [0.05, 0.1) is 23.5 Å². The predicted molar refractivity (Wildman–Crippen MR) is 61.0 cm³/mol. The first-order valence-corrected chi connectivity index (χ1v) is 5.78. The standard InChI is InChI=1S/C11H20N4O/c1-12-9(10-8-13-14-15(10)2)7-11(16-3)5-4-6-11/h8-9,12H,4-7H2,1-3H3. The number of aryl methyl sites for hydroxylation is 1. The molecule has 90 valence electrons. The highest BCUT2D eigenvalue weighted by Crippen LogP contribution is 2.41. The number of methoxy groups -OCH3 is 1. The number of aromatic nitrogens is 3. The molecule has 0 radical (unpaired) electrons. The van der Waals surface area contributed by atoms with Gasteiger partial charge in [-0.25, -0.2) is 0 Å². The van der Waals surface area contributed by atoms with Crippen molar-refractivity contribution >= 4 is 0 Å². The molecule has 1 N–H and O–H groups in total. The largest absolute Gasteiger partial charge is 0.378 e. The molecule has 1 aliphatic rings. The lowest BCUT2D eigenvalue weighted by molar-refractivity contribution is -0.0838. The van der Waals surface area contributed by atoms with E-state index in [-0.39, 0.29) is 11.6 Å². The minimum absolute atomic E-state index is 0.0674. The van der Waals surface area contributed by atoms with Crippen molar-refractivity contribution in [1.29, 1.82) is 0 Å². The van der Waals surface area contributed by atoms with Gasteiger partial charge in [-0.1, -0.05) is 5.21 Å². The fourth-order valence-electron chi connectivity index (χ4n) is 2.40. The van der Waals surface area contributed by atoms with Crippen LogP contribution >= 0.6 is 0 Å². The van der Waals surface area contributed by atoms with Crippen LogP contribution in [0.5, 0.6) is 0 Å². The van der Waals surface area contributed by atoms with E-state index in [0.29, 0.717) is 0 Å². The van der Waals surface area contributed by atoms with Gasteiger partial charge in [0.25, 0.3) is 0 Å². The van der Waals surface area contributed by atoms with Crippen LogP contribution < -0.4 is 5.32 Å². The van der Waals surface area contributed by atoms with Gasteiger partial charge in [-0.15, -0.1) is 5.10 Å². The molecule has 1 heterocycles. The maximum Gasteiger partial charge on any atom is 0.0754 e. The highest BCUT2D eigenvalue weighted by atomic mass is 16.5. The summed E-state index contributed by atoms with van der Waals surface area (Å²) in [4.78, 5) is 0. The van der Waals surface area contributed by atoms with Crippen molar-refractivity contribution in [2.45, 2.75) is 37.3 Å². The first kappa shape index (κ1) is 11.5. The SMILES string of the molecule is CNC(CC1(OC)CCC1)c1cnnn1C. The Morgan fingerprint density at radius 1 is 1.62 bits per heavy atom. The second kappa shape index (κ2) is 4.51. The summed E-state index contributed by atoms with van der Waals surface area (Å²) in [6.07, 6.45) is 6.40. The summed E-state index contributed by atoms with van der Waals surface area (Å²) in [5.74, 6) is 0. The van der Waals surface area contributed by atoms with Gasteiger partial charge in [-0.2, -0.15) is 0 Å². The third-order valence-corrected chi connectivity index (χ3v) is 3.73. The number of nitrogens with zero attached hydrogens (tertiary/aromatic N) is 3. The molecule has 0 spiro atoms. The average Bonchev–Trinajstić information content (AvgIpc) is 2.65. The number of nitrogens with one attached hydrogen (secondary N) is 1. The Hall–Kier alpha value is -0.940. The lowest BCUT2D eigenvalue weighted by Gasteiger charge is -2.42.